The van der Waals surface area contributed by atoms with Crippen molar-refractivity contribution in [1.82, 2.24) is 14.8 Å². The van der Waals surface area contributed by atoms with Gasteiger partial charge in [0, 0.05) is 13.1 Å². The molecule has 0 radical (unpaired) electrons. The van der Waals surface area contributed by atoms with Crippen molar-refractivity contribution in [3.05, 3.63) is 54.1 Å². The molecule has 0 aliphatic carbocycles. The van der Waals surface area contributed by atoms with Crippen LogP contribution in [0.3, 0.4) is 0 Å². The van der Waals surface area contributed by atoms with E-state index in [1.807, 2.05) is 6.92 Å². The molecule has 2 aromatic carbocycles. The van der Waals surface area contributed by atoms with Crippen LogP contribution in [0.5, 0.6) is 17.2 Å². The molecule has 1 N–H and O–H groups in total. The molecule has 3 rings (SSSR count). The molecule has 0 saturated heterocycles. The minimum Gasteiger partial charge on any atom is -0.497 e. The van der Waals surface area contributed by atoms with Crippen LogP contribution < -0.4 is 19.5 Å². The minimum atomic E-state index is -0.408. The molecular weight excluding hydrogens is 423 g/mol. The fraction of sp³-hybridized carbons (Fsp3) is 0.286. The summed E-state index contributed by atoms with van der Waals surface area (Å²) in [5.41, 5.74) is 0.550. The Balaban J connectivity index is 1.59. The summed E-state index contributed by atoms with van der Waals surface area (Å²) < 4.78 is 31.1. The Morgan fingerprint density at radius 3 is 2.52 bits per heavy atom. The van der Waals surface area contributed by atoms with Crippen LogP contribution in [0.25, 0.3) is 0 Å². The molecule has 0 fully saturated rings. The van der Waals surface area contributed by atoms with Gasteiger partial charge in [-0.2, -0.15) is 0 Å². The van der Waals surface area contributed by atoms with Crippen molar-refractivity contribution in [2.75, 3.05) is 25.3 Å². The first kappa shape index (κ1) is 22.4. The number of nitrogens with zero attached hydrogens (tertiary/aromatic N) is 3. The van der Waals surface area contributed by atoms with Crippen LogP contribution in [-0.2, 0) is 11.8 Å². The zero-order valence-electron chi connectivity index (χ0n) is 17.6. The number of hydrogen-bond acceptors (Lipinski definition) is 7. The molecule has 0 aliphatic rings. The zero-order chi connectivity index (χ0) is 22.4. The lowest BCUT2D eigenvalue weighted by molar-refractivity contribution is -0.113. The van der Waals surface area contributed by atoms with E-state index >= 15 is 0 Å². The normalized spacial score (nSPS) is 11.6. The third kappa shape index (κ3) is 5.66. The number of aromatic nitrogens is 3. The Hall–Kier alpha value is -3.27. The van der Waals surface area contributed by atoms with Gasteiger partial charge < -0.3 is 24.1 Å². The maximum absolute atomic E-state index is 13.0. The summed E-state index contributed by atoms with van der Waals surface area (Å²) in [6.45, 7) is 1.82. The molecular formula is C21H23FN4O4S. The second kappa shape index (κ2) is 10.2. The maximum Gasteiger partial charge on any atom is 0.234 e. The van der Waals surface area contributed by atoms with Crippen molar-refractivity contribution in [3.8, 4) is 17.2 Å². The number of ether oxygens (including phenoxy) is 3. The van der Waals surface area contributed by atoms with Crippen LogP contribution in [0.15, 0.2) is 47.6 Å². The van der Waals surface area contributed by atoms with E-state index < -0.39 is 6.10 Å². The average Bonchev–Trinajstić information content (AvgIpc) is 3.14. The molecule has 1 heterocycles. The Morgan fingerprint density at radius 2 is 1.84 bits per heavy atom. The summed E-state index contributed by atoms with van der Waals surface area (Å²) in [5.74, 6) is 1.84. The van der Waals surface area contributed by atoms with Gasteiger partial charge in [0.15, 0.2) is 17.1 Å². The third-order valence-corrected chi connectivity index (χ3v) is 5.39. The smallest absolute Gasteiger partial charge is 0.234 e. The summed E-state index contributed by atoms with van der Waals surface area (Å²) in [4.78, 5) is 12.4. The fourth-order valence-electron chi connectivity index (χ4n) is 2.79. The molecule has 0 bridgehead atoms. The Morgan fingerprint density at radius 1 is 1.13 bits per heavy atom. The Labute approximate surface area is 183 Å². The predicted molar refractivity (Wildman–Crippen MR) is 115 cm³/mol. The van der Waals surface area contributed by atoms with Crippen LogP contribution in [-0.4, -0.2) is 40.6 Å². The van der Waals surface area contributed by atoms with E-state index in [0.29, 0.717) is 33.9 Å². The highest BCUT2D eigenvalue weighted by atomic mass is 32.2. The van der Waals surface area contributed by atoms with Crippen molar-refractivity contribution in [2.45, 2.75) is 18.2 Å². The van der Waals surface area contributed by atoms with E-state index in [9.17, 15) is 9.18 Å². The van der Waals surface area contributed by atoms with Gasteiger partial charge in [-0.3, -0.25) is 4.79 Å². The standard InChI is InChI=1S/C21H23FN4O4S/c1-13(30-15-7-5-14(22)6-8-15)20-24-25-21(26(20)2)31-12-19(27)23-17-10-9-16(28-3)11-18(17)29-4/h5-11,13H,12H2,1-4H3,(H,23,27). The van der Waals surface area contributed by atoms with E-state index in [1.165, 1.54) is 31.0 Å². The highest BCUT2D eigenvalue weighted by molar-refractivity contribution is 7.99. The number of thioether (sulfide) groups is 1. The summed E-state index contributed by atoms with van der Waals surface area (Å²) in [6.07, 6.45) is -0.408. The van der Waals surface area contributed by atoms with Crippen molar-refractivity contribution in [2.24, 2.45) is 7.05 Å². The Bertz CT molecular complexity index is 1040. The molecule has 1 amide bonds. The number of rotatable bonds is 9. The lowest BCUT2D eigenvalue weighted by Gasteiger charge is -2.14. The molecule has 164 valence electrons. The number of carbonyl (C=O) groups is 1. The average molecular weight is 447 g/mol. The highest BCUT2D eigenvalue weighted by Gasteiger charge is 2.18. The third-order valence-electron chi connectivity index (χ3n) is 4.37. The number of benzene rings is 2. The number of amides is 1. The molecule has 1 atom stereocenters. The van der Waals surface area contributed by atoms with Crippen LogP contribution in [0, 0.1) is 5.82 Å². The molecule has 1 aromatic heterocycles. The van der Waals surface area contributed by atoms with Crippen molar-refractivity contribution in [1.29, 1.82) is 0 Å². The second-order valence-corrected chi connectivity index (χ2v) is 7.46. The molecule has 1 unspecified atom stereocenters. The van der Waals surface area contributed by atoms with Crippen molar-refractivity contribution < 1.29 is 23.4 Å². The van der Waals surface area contributed by atoms with E-state index in [-0.39, 0.29) is 17.5 Å². The van der Waals surface area contributed by atoms with Gasteiger partial charge in [0.1, 0.15) is 23.1 Å². The summed E-state index contributed by atoms with van der Waals surface area (Å²) in [5, 5.41) is 11.7. The first-order valence-corrected chi connectivity index (χ1v) is 10.4. The predicted octanol–water partition coefficient (Wildman–Crippen LogP) is 3.84. The fourth-order valence-corrected chi connectivity index (χ4v) is 3.51. The topological polar surface area (TPSA) is 87.5 Å². The molecule has 8 nitrogen and oxygen atoms in total. The number of nitrogens with one attached hydrogen (secondary N) is 1. The minimum absolute atomic E-state index is 0.133. The van der Waals surface area contributed by atoms with Gasteiger partial charge in [0.05, 0.1) is 25.7 Å². The van der Waals surface area contributed by atoms with Gasteiger partial charge in [0.25, 0.3) is 0 Å². The van der Waals surface area contributed by atoms with Crippen molar-refractivity contribution >= 4 is 23.4 Å². The second-order valence-electron chi connectivity index (χ2n) is 6.52. The number of anilines is 1. The van der Waals surface area contributed by atoms with E-state index in [0.717, 1.165) is 0 Å². The first-order valence-electron chi connectivity index (χ1n) is 9.37. The number of hydrogen-bond donors (Lipinski definition) is 1. The summed E-state index contributed by atoms with van der Waals surface area (Å²) in [7, 11) is 4.88. The molecule has 0 spiro atoms. The van der Waals surface area contributed by atoms with Crippen LogP contribution in [0.2, 0.25) is 0 Å². The van der Waals surface area contributed by atoms with E-state index in [2.05, 4.69) is 15.5 Å². The largest absolute Gasteiger partial charge is 0.497 e. The van der Waals surface area contributed by atoms with Gasteiger partial charge in [-0.25, -0.2) is 4.39 Å². The molecule has 0 aliphatic heterocycles. The lowest BCUT2D eigenvalue weighted by atomic mass is 10.2. The maximum atomic E-state index is 13.0. The van der Waals surface area contributed by atoms with Crippen LogP contribution in [0.1, 0.15) is 18.9 Å². The van der Waals surface area contributed by atoms with Gasteiger partial charge in [-0.15, -0.1) is 10.2 Å². The number of carbonyl (C=O) groups excluding carboxylic acids is 1. The number of halogens is 1. The SMILES string of the molecule is COc1ccc(NC(=O)CSc2nnc(C(C)Oc3ccc(F)cc3)n2C)c(OC)c1. The van der Waals surface area contributed by atoms with Crippen molar-refractivity contribution in [3.63, 3.8) is 0 Å². The highest BCUT2D eigenvalue weighted by Crippen LogP contribution is 2.29. The number of methoxy groups -OCH3 is 2. The van der Waals surface area contributed by atoms with Gasteiger partial charge in [-0.05, 0) is 43.3 Å². The molecule has 0 saturated carbocycles. The van der Waals surface area contributed by atoms with E-state index in [1.54, 1.807) is 49.1 Å². The monoisotopic (exact) mass is 446 g/mol. The lowest BCUT2D eigenvalue weighted by Crippen LogP contribution is -2.15. The molecule has 31 heavy (non-hydrogen) atoms. The molecule has 3 aromatic rings. The summed E-state index contributed by atoms with van der Waals surface area (Å²) >= 11 is 1.25. The van der Waals surface area contributed by atoms with Gasteiger partial charge in [0.2, 0.25) is 5.91 Å². The zero-order valence-corrected chi connectivity index (χ0v) is 18.4. The van der Waals surface area contributed by atoms with Crippen LogP contribution >= 0.6 is 11.8 Å². The van der Waals surface area contributed by atoms with Crippen LogP contribution in [0.4, 0.5) is 10.1 Å². The van der Waals surface area contributed by atoms with Gasteiger partial charge in [-0.1, -0.05) is 11.8 Å². The Kier molecular flexibility index (Phi) is 7.35. The molecule has 10 heteroatoms. The summed E-state index contributed by atoms with van der Waals surface area (Å²) in [6, 6.07) is 10.9. The van der Waals surface area contributed by atoms with Gasteiger partial charge >= 0.3 is 0 Å². The van der Waals surface area contributed by atoms with E-state index in [4.69, 9.17) is 14.2 Å². The quantitative estimate of drug-likeness (QED) is 0.500. The first-order chi connectivity index (χ1) is 14.9.